The zero-order valence-electron chi connectivity index (χ0n) is 17.4. The number of aromatic nitrogens is 4. The van der Waals surface area contributed by atoms with E-state index in [4.69, 9.17) is 16.7 Å². The Balaban J connectivity index is 1.36. The van der Waals surface area contributed by atoms with Gasteiger partial charge in [-0.15, -0.1) is 0 Å². The number of piperidine rings is 1. The van der Waals surface area contributed by atoms with Crippen molar-refractivity contribution >= 4 is 46.7 Å². The van der Waals surface area contributed by atoms with Crippen LogP contribution >= 0.6 is 11.6 Å². The summed E-state index contributed by atoms with van der Waals surface area (Å²) < 4.78 is 0. The molecule has 11 heteroatoms. The normalized spacial score (nSPS) is 14.1. The predicted octanol–water partition coefficient (Wildman–Crippen LogP) is 3.99. The summed E-state index contributed by atoms with van der Waals surface area (Å²) in [6, 6.07) is 11.5. The minimum atomic E-state index is -0.874. The zero-order chi connectivity index (χ0) is 22.5. The number of nitrogens with zero attached hydrogens (tertiary/aromatic N) is 6. The van der Waals surface area contributed by atoms with Crippen LogP contribution in [0.15, 0.2) is 48.8 Å². The minimum absolute atomic E-state index is 0.0705. The topological polar surface area (TPSA) is 119 Å². The third kappa shape index (κ3) is 5.33. The average molecular weight is 455 g/mol. The van der Waals surface area contributed by atoms with Gasteiger partial charge >= 0.3 is 6.09 Å². The summed E-state index contributed by atoms with van der Waals surface area (Å²) in [5.74, 6) is 1.56. The molecule has 1 amide bonds. The lowest BCUT2D eigenvalue weighted by Gasteiger charge is -2.36. The molecule has 0 aliphatic carbocycles. The van der Waals surface area contributed by atoms with Gasteiger partial charge in [0.15, 0.2) is 0 Å². The Morgan fingerprint density at radius 1 is 1.03 bits per heavy atom. The summed E-state index contributed by atoms with van der Waals surface area (Å²) in [5, 5.41) is 15.6. The van der Waals surface area contributed by atoms with Crippen molar-refractivity contribution in [3.63, 3.8) is 0 Å². The molecule has 0 atom stereocenters. The van der Waals surface area contributed by atoms with Crippen molar-refractivity contribution in [1.29, 1.82) is 0 Å². The lowest BCUT2D eigenvalue weighted by Crippen LogP contribution is -2.45. The third-order valence-electron chi connectivity index (χ3n) is 5.34. The van der Waals surface area contributed by atoms with Gasteiger partial charge in [-0.1, -0.05) is 0 Å². The molecule has 0 spiro atoms. The molecule has 3 aromatic rings. The second kappa shape index (κ2) is 9.65. The van der Waals surface area contributed by atoms with E-state index in [-0.39, 0.29) is 11.3 Å². The van der Waals surface area contributed by atoms with Crippen molar-refractivity contribution in [2.45, 2.75) is 18.9 Å². The van der Waals surface area contributed by atoms with Gasteiger partial charge < -0.3 is 25.5 Å². The molecule has 3 N–H and O–H groups in total. The van der Waals surface area contributed by atoms with E-state index in [0.29, 0.717) is 17.6 Å². The number of amides is 1. The second-order valence-corrected chi connectivity index (χ2v) is 7.72. The van der Waals surface area contributed by atoms with Crippen molar-refractivity contribution in [1.82, 2.24) is 24.8 Å². The van der Waals surface area contributed by atoms with Crippen LogP contribution in [-0.2, 0) is 0 Å². The molecule has 0 radical (unpaired) electrons. The number of nitrogens with one attached hydrogen (secondary N) is 2. The van der Waals surface area contributed by atoms with Crippen LogP contribution in [0.2, 0.25) is 5.28 Å². The second-order valence-electron chi connectivity index (χ2n) is 7.38. The van der Waals surface area contributed by atoms with E-state index in [9.17, 15) is 4.79 Å². The molecule has 10 nitrogen and oxygen atoms in total. The number of anilines is 5. The van der Waals surface area contributed by atoms with Gasteiger partial charge in [-0.2, -0.15) is 4.98 Å². The van der Waals surface area contributed by atoms with E-state index in [1.165, 1.54) is 4.90 Å². The molecule has 0 saturated carbocycles. The predicted molar refractivity (Wildman–Crippen MR) is 123 cm³/mol. The van der Waals surface area contributed by atoms with Crippen LogP contribution in [0.5, 0.6) is 0 Å². The van der Waals surface area contributed by atoms with Gasteiger partial charge in [0.1, 0.15) is 11.6 Å². The van der Waals surface area contributed by atoms with E-state index < -0.39 is 6.09 Å². The minimum Gasteiger partial charge on any atom is -0.465 e. The quantitative estimate of drug-likeness (QED) is 0.475. The maximum atomic E-state index is 11.1. The fourth-order valence-electron chi connectivity index (χ4n) is 3.58. The van der Waals surface area contributed by atoms with Gasteiger partial charge in [-0.25, -0.2) is 19.7 Å². The first kappa shape index (κ1) is 21.6. The van der Waals surface area contributed by atoms with E-state index in [1.54, 1.807) is 31.6 Å². The van der Waals surface area contributed by atoms with Crippen LogP contribution in [0.1, 0.15) is 12.8 Å². The molecule has 1 aliphatic rings. The molecule has 1 saturated heterocycles. The van der Waals surface area contributed by atoms with Crippen LogP contribution in [-0.4, -0.2) is 62.2 Å². The Bertz CT molecular complexity index is 1070. The molecule has 3 heterocycles. The molecule has 32 heavy (non-hydrogen) atoms. The number of hydrogen-bond donors (Lipinski definition) is 3. The van der Waals surface area contributed by atoms with Crippen LogP contribution in [0.4, 0.5) is 33.8 Å². The van der Waals surface area contributed by atoms with E-state index in [0.717, 1.165) is 37.3 Å². The zero-order valence-corrected chi connectivity index (χ0v) is 18.2. The largest absolute Gasteiger partial charge is 0.465 e. The summed E-state index contributed by atoms with van der Waals surface area (Å²) in [7, 11) is 1.64. The lowest BCUT2D eigenvalue weighted by atomic mass is 10.0. The first-order chi connectivity index (χ1) is 15.5. The Morgan fingerprint density at radius 2 is 1.69 bits per heavy atom. The Hall–Kier alpha value is -3.66. The molecule has 2 aromatic heterocycles. The maximum absolute atomic E-state index is 11.1. The highest BCUT2D eigenvalue weighted by atomic mass is 35.5. The third-order valence-corrected chi connectivity index (χ3v) is 5.52. The van der Waals surface area contributed by atoms with Gasteiger partial charge in [0.05, 0.1) is 0 Å². The average Bonchev–Trinajstić information content (AvgIpc) is 2.79. The Kier molecular flexibility index (Phi) is 6.50. The Labute approximate surface area is 190 Å². The molecule has 1 aromatic carbocycles. The van der Waals surface area contributed by atoms with Crippen LogP contribution in [0.3, 0.4) is 0 Å². The van der Waals surface area contributed by atoms with E-state index in [2.05, 4.69) is 35.5 Å². The molecule has 0 bridgehead atoms. The molecule has 1 aliphatic heterocycles. The van der Waals surface area contributed by atoms with E-state index >= 15 is 0 Å². The van der Waals surface area contributed by atoms with Gasteiger partial charge in [-0.3, -0.25) is 0 Å². The van der Waals surface area contributed by atoms with Crippen LogP contribution < -0.4 is 15.5 Å². The molecular weight excluding hydrogens is 432 g/mol. The molecule has 166 valence electrons. The van der Waals surface area contributed by atoms with E-state index in [1.807, 2.05) is 24.3 Å². The number of halogens is 1. The maximum Gasteiger partial charge on any atom is 0.407 e. The van der Waals surface area contributed by atoms with Gasteiger partial charge in [0.2, 0.25) is 11.2 Å². The highest BCUT2D eigenvalue weighted by Crippen LogP contribution is 2.25. The van der Waals surface area contributed by atoms with Gasteiger partial charge in [0.25, 0.3) is 0 Å². The summed E-state index contributed by atoms with van der Waals surface area (Å²) in [5.41, 5.74) is 1.96. The standard InChI is InChI=1S/C21H23ClN8O2/c1-29(21(31)32)15-8-12-30(13-9-15)16-4-2-14(3-5-16)25-20-24-11-7-18(28-20)26-17-6-10-23-19(22)27-17/h2-7,10-11,15H,8-9,12-13H2,1H3,(H,31,32)(H2,23,24,25,26,27,28). The van der Waals surface area contributed by atoms with Crippen LogP contribution in [0.25, 0.3) is 0 Å². The number of hydrogen-bond acceptors (Lipinski definition) is 8. The van der Waals surface area contributed by atoms with Crippen molar-refractivity contribution in [2.75, 3.05) is 35.7 Å². The highest BCUT2D eigenvalue weighted by molar-refractivity contribution is 6.28. The van der Waals surface area contributed by atoms with Gasteiger partial charge in [0, 0.05) is 49.9 Å². The fraction of sp³-hybridized carbons (Fsp3) is 0.286. The number of rotatable bonds is 6. The lowest BCUT2D eigenvalue weighted by molar-refractivity contribution is 0.131. The smallest absolute Gasteiger partial charge is 0.407 e. The summed E-state index contributed by atoms with van der Waals surface area (Å²) in [6.07, 6.45) is 3.96. The molecular formula is C21H23ClN8O2. The summed E-state index contributed by atoms with van der Waals surface area (Å²) >= 11 is 5.82. The fourth-order valence-corrected chi connectivity index (χ4v) is 3.72. The first-order valence-corrected chi connectivity index (χ1v) is 10.5. The van der Waals surface area contributed by atoms with Crippen molar-refractivity contribution in [3.8, 4) is 0 Å². The number of benzene rings is 1. The number of carboxylic acid groups (broad SMARTS) is 1. The first-order valence-electron chi connectivity index (χ1n) is 10.1. The monoisotopic (exact) mass is 454 g/mol. The van der Waals surface area contributed by atoms with Crippen molar-refractivity contribution < 1.29 is 9.90 Å². The Morgan fingerprint density at radius 3 is 2.34 bits per heavy atom. The molecule has 4 rings (SSSR count). The molecule has 0 unspecified atom stereocenters. The number of carbonyl (C=O) groups is 1. The molecule has 1 fully saturated rings. The van der Waals surface area contributed by atoms with Crippen molar-refractivity contribution in [2.24, 2.45) is 0 Å². The van der Waals surface area contributed by atoms with Gasteiger partial charge in [-0.05, 0) is 60.8 Å². The highest BCUT2D eigenvalue weighted by Gasteiger charge is 2.25. The van der Waals surface area contributed by atoms with Crippen molar-refractivity contribution in [3.05, 3.63) is 54.1 Å². The SMILES string of the molecule is CN(C(=O)O)C1CCN(c2ccc(Nc3nccc(Nc4ccnc(Cl)n4)n3)cc2)CC1. The summed E-state index contributed by atoms with van der Waals surface area (Å²) in [6.45, 7) is 1.64. The summed E-state index contributed by atoms with van der Waals surface area (Å²) in [4.78, 5) is 31.5. The van der Waals surface area contributed by atoms with Crippen LogP contribution in [0, 0.1) is 0 Å².